The maximum Gasteiger partial charge on any atom is 0.242 e. The summed E-state index contributed by atoms with van der Waals surface area (Å²) in [5.41, 5.74) is 2.09. The van der Waals surface area contributed by atoms with Crippen molar-refractivity contribution in [3.63, 3.8) is 0 Å². The fourth-order valence-corrected chi connectivity index (χ4v) is 7.06. The Kier molecular flexibility index (Phi) is 13.7. The van der Waals surface area contributed by atoms with E-state index in [1.54, 1.807) is 13.8 Å². The molecule has 1 saturated carbocycles. The highest BCUT2D eigenvalue weighted by Gasteiger charge is 2.33. The largest absolute Gasteiger partial charge is 0.390 e. The lowest BCUT2D eigenvalue weighted by Gasteiger charge is -2.32. The lowest BCUT2D eigenvalue weighted by atomic mass is 9.83. The number of aliphatic hydroxyl groups excluding tert-OH is 1. The number of aliphatic hydroxyl groups is 1. The molecule has 238 valence electrons. The number of carbonyl (C=O) groups excluding carboxylic acids is 2. The van der Waals surface area contributed by atoms with Crippen molar-refractivity contribution in [3.05, 3.63) is 71.8 Å². The average molecular weight is 613 g/mol. The van der Waals surface area contributed by atoms with Crippen molar-refractivity contribution in [2.45, 2.75) is 109 Å². The van der Waals surface area contributed by atoms with Gasteiger partial charge in [-0.15, -0.1) is 0 Å². The Morgan fingerprint density at radius 3 is 1.84 bits per heavy atom. The predicted molar refractivity (Wildman–Crippen MR) is 173 cm³/mol. The van der Waals surface area contributed by atoms with Gasteiger partial charge < -0.3 is 15.7 Å². The summed E-state index contributed by atoms with van der Waals surface area (Å²) in [6, 6.07) is 18.2. The molecule has 3 rings (SSSR count). The molecule has 0 aromatic heterocycles. The van der Waals surface area contributed by atoms with Crippen LogP contribution in [-0.2, 0) is 32.3 Å². The van der Waals surface area contributed by atoms with E-state index in [0.29, 0.717) is 31.6 Å². The molecule has 3 atom stereocenters. The summed E-state index contributed by atoms with van der Waals surface area (Å²) in [6.45, 7) is 7.21. The van der Waals surface area contributed by atoms with E-state index in [4.69, 9.17) is 0 Å². The number of benzene rings is 2. The van der Waals surface area contributed by atoms with Crippen LogP contribution < -0.4 is 10.6 Å². The van der Waals surface area contributed by atoms with Crippen LogP contribution in [0.2, 0.25) is 0 Å². The monoisotopic (exact) mass is 612 g/mol. The second kappa shape index (κ2) is 17.0. The molecule has 0 heterocycles. The highest BCUT2D eigenvalue weighted by atomic mass is 32.2. The molecular weight excluding hydrogens is 560 g/mol. The molecule has 1 unspecified atom stereocenters. The first-order chi connectivity index (χ1) is 20.4. The Morgan fingerprint density at radius 1 is 0.814 bits per heavy atom. The predicted octanol–water partition coefficient (Wildman–Crippen LogP) is 5.26. The Morgan fingerprint density at radius 2 is 1.35 bits per heavy atom. The lowest BCUT2D eigenvalue weighted by Crippen LogP contribution is -2.55. The van der Waals surface area contributed by atoms with Crippen molar-refractivity contribution in [1.82, 2.24) is 10.6 Å². The van der Waals surface area contributed by atoms with E-state index in [0.717, 1.165) is 36.8 Å². The normalized spacial score (nSPS) is 16.7. The quantitative estimate of drug-likeness (QED) is 0.240. The molecule has 2 amide bonds. The van der Waals surface area contributed by atoms with Crippen LogP contribution >= 0.6 is 0 Å². The third kappa shape index (κ3) is 11.7. The number of carbonyl (C=O) groups is 2. The number of nitrogens with one attached hydrogen (secondary N) is 2. The maximum atomic E-state index is 13.8. The molecule has 2 aromatic rings. The summed E-state index contributed by atoms with van der Waals surface area (Å²) in [5.74, 6) is -0.912. The molecule has 1 fully saturated rings. The molecule has 7 nitrogen and oxygen atoms in total. The molecule has 0 aliphatic heterocycles. The molecule has 1 aliphatic carbocycles. The van der Waals surface area contributed by atoms with Gasteiger partial charge in [0.2, 0.25) is 11.8 Å². The Balaban J connectivity index is 1.80. The molecule has 0 spiro atoms. The van der Waals surface area contributed by atoms with Gasteiger partial charge in [0.1, 0.15) is 6.04 Å². The van der Waals surface area contributed by atoms with E-state index in [1.165, 1.54) is 6.42 Å². The van der Waals surface area contributed by atoms with Gasteiger partial charge in [-0.1, -0.05) is 107 Å². The van der Waals surface area contributed by atoms with E-state index in [1.807, 2.05) is 74.5 Å². The molecule has 8 heteroatoms. The van der Waals surface area contributed by atoms with E-state index in [2.05, 4.69) is 10.6 Å². The van der Waals surface area contributed by atoms with Gasteiger partial charge in [-0.05, 0) is 62.5 Å². The Hall–Kier alpha value is -2.71. The first-order valence-electron chi connectivity index (χ1n) is 16.0. The van der Waals surface area contributed by atoms with Gasteiger partial charge in [0.05, 0.1) is 23.1 Å². The van der Waals surface area contributed by atoms with Crippen LogP contribution in [0, 0.1) is 17.8 Å². The number of sulfone groups is 1. The number of hydrogen-bond donors (Lipinski definition) is 3. The average Bonchev–Trinajstić information content (AvgIpc) is 2.97. The zero-order valence-corrected chi connectivity index (χ0v) is 27.2. The summed E-state index contributed by atoms with van der Waals surface area (Å²) in [7, 11) is -3.52. The van der Waals surface area contributed by atoms with E-state index >= 15 is 0 Å². The lowest BCUT2D eigenvalue weighted by molar-refractivity contribution is -0.132. The minimum Gasteiger partial charge on any atom is -0.390 e. The number of rotatable bonds is 16. The standard InChI is InChI=1S/C35H52N2O5S/c1-25(2)20-32(37-34(39)30(21-27-14-8-5-9-15-27)22-28-16-10-6-11-17-28)35(40)36-31(23-29-18-12-7-13-19-29)33(38)24-43(41,42)26(3)4/h5-6,8-11,14-17,25-26,29-33,38H,7,12-13,18-24H2,1-4H3,(H,36,40)(H,37,39)/t31-,32?,33-/m0/s1. The van der Waals surface area contributed by atoms with E-state index in [-0.39, 0.29) is 23.7 Å². The van der Waals surface area contributed by atoms with Gasteiger partial charge in [0.25, 0.3) is 0 Å². The summed E-state index contributed by atoms with van der Waals surface area (Å²) in [5, 5.41) is 16.6. The van der Waals surface area contributed by atoms with Crippen molar-refractivity contribution in [3.8, 4) is 0 Å². The van der Waals surface area contributed by atoms with Crippen molar-refractivity contribution < 1.29 is 23.1 Å². The molecule has 1 aliphatic rings. The van der Waals surface area contributed by atoms with Crippen LogP contribution in [0.4, 0.5) is 0 Å². The van der Waals surface area contributed by atoms with Gasteiger partial charge in [-0.25, -0.2) is 8.42 Å². The first kappa shape index (κ1) is 34.8. The van der Waals surface area contributed by atoms with E-state index < -0.39 is 39.0 Å². The summed E-state index contributed by atoms with van der Waals surface area (Å²) < 4.78 is 25.4. The summed E-state index contributed by atoms with van der Waals surface area (Å²) in [6.07, 6.45) is 6.17. The molecule has 2 aromatic carbocycles. The fraction of sp³-hybridized carbons (Fsp3) is 0.600. The van der Waals surface area contributed by atoms with Crippen molar-refractivity contribution in [2.75, 3.05) is 5.75 Å². The van der Waals surface area contributed by atoms with Crippen molar-refractivity contribution >= 4 is 21.7 Å². The molecule has 43 heavy (non-hydrogen) atoms. The second-order valence-electron chi connectivity index (χ2n) is 13.1. The van der Waals surface area contributed by atoms with Gasteiger partial charge in [-0.2, -0.15) is 0 Å². The Bertz CT molecular complexity index is 1190. The van der Waals surface area contributed by atoms with Crippen molar-refractivity contribution in [2.24, 2.45) is 17.8 Å². The molecule has 0 saturated heterocycles. The maximum absolute atomic E-state index is 13.8. The topological polar surface area (TPSA) is 113 Å². The number of amides is 2. The zero-order valence-electron chi connectivity index (χ0n) is 26.4. The minimum atomic E-state index is -3.52. The third-order valence-electron chi connectivity index (χ3n) is 8.59. The third-order valence-corrected chi connectivity index (χ3v) is 10.8. The minimum absolute atomic E-state index is 0.126. The van der Waals surface area contributed by atoms with Crippen LogP contribution in [0.3, 0.4) is 0 Å². The van der Waals surface area contributed by atoms with Crippen LogP contribution in [0.5, 0.6) is 0 Å². The van der Waals surface area contributed by atoms with Gasteiger partial charge >= 0.3 is 0 Å². The van der Waals surface area contributed by atoms with Gasteiger partial charge in [0, 0.05) is 5.92 Å². The first-order valence-corrected chi connectivity index (χ1v) is 17.7. The SMILES string of the molecule is CC(C)CC(NC(=O)C(Cc1ccccc1)Cc1ccccc1)C(=O)N[C@@H](CC1CCCCC1)[C@@H](O)CS(=O)(=O)C(C)C. The van der Waals surface area contributed by atoms with Crippen molar-refractivity contribution in [1.29, 1.82) is 0 Å². The summed E-state index contributed by atoms with van der Waals surface area (Å²) in [4.78, 5) is 27.7. The smallest absolute Gasteiger partial charge is 0.242 e. The fourth-order valence-electron chi connectivity index (χ4n) is 5.97. The van der Waals surface area contributed by atoms with Crippen LogP contribution in [0.15, 0.2) is 60.7 Å². The second-order valence-corrected chi connectivity index (χ2v) is 15.7. The molecule has 0 bridgehead atoms. The van der Waals surface area contributed by atoms with Crippen LogP contribution in [0.1, 0.15) is 83.8 Å². The molecular formula is C35H52N2O5S. The van der Waals surface area contributed by atoms with Crippen LogP contribution in [-0.4, -0.2) is 54.5 Å². The van der Waals surface area contributed by atoms with Gasteiger partial charge in [0.15, 0.2) is 9.84 Å². The Labute approximate surface area is 259 Å². The zero-order chi connectivity index (χ0) is 31.4. The molecule has 3 N–H and O–H groups in total. The highest BCUT2D eigenvalue weighted by Crippen LogP contribution is 2.28. The molecule has 0 radical (unpaired) electrons. The van der Waals surface area contributed by atoms with E-state index in [9.17, 15) is 23.1 Å². The highest BCUT2D eigenvalue weighted by molar-refractivity contribution is 7.92. The van der Waals surface area contributed by atoms with Gasteiger partial charge in [-0.3, -0.25) is 9.59 Å². The summed E-state index contributed by atoms with van der Waals surface area (Å²) >= 11 is 0. The number of hydrogen-bond acceptors (Lipinski definition) is 5. The van der Waals surface area contributed by atoms with Crippen LogP contribution in [0.25, 0.3) is 0 Å².